The minimum Gasteiger partial charge on any atom is -0.479 e. The molecule has 2 aromatic heterocycles. The molecular formula is C17H17ClN6O. The van der Waals surface area contributed by atoms with Crippen LogP contribution in [0.15, 0.2) is 24.1 Å². The number of nitrogens with one attached hydrogen (secondary N) is 1. The fourth-order valence-electron chi connectivity index (χ4n) is 3.29. The molecule has 0 amide bonds. The minimum atomic E-state index is 0.227. The lowest BCUT2D eigenvalue weighted by atomic mass is 9.95. The zero-order valence-corrected chi connectivity index (χ0v) is 14.3. The summed E-state index contributed by atoms with van der Waals surface area (Å²) >= 11 is 6.48. The molecule has 2 aliphatic heterocycles. The van der Waals surface area contributed by atoms with Crippen LogP contribution in [-0.4, -0.2) is 34.3 Å². The Kier molecular flexibility index (Phi) is 4.07. The molecule has 0 spiro atoms. The van der Waals surface area contributed by atoms with Crippen LogP contribution in [0.5, 0.6) is 0 Å². The number of nitrogens with zero attached hydrogens (tertiary/aromatic N) is 4. The molecule has 0 aliphatic carbocycles. The summed E-state index contributed by atoms with van der Waals surface area (Å²) in [5.41, 5.74) is 9.32. The highest BCUT2D eigenvalue weighted by atomic mass is 35.5. The van der Waals surface area contributed by atoms with E-state index in [-0.39, 0.29) is 11.7 Å². The van der Waals surface area contributed by atoms with Crippen LogP contribution in [0.4, 0.5) is 5.82 Å². The number of hydrogen-bond donors (Lipinski definition) is 2. The first-order valence-electron chi connectivity index (χ1n) is 8.17. The van der Waals surface area contributed by atoms with Gasteiger partial charge < -0.3 is 15.8 Å². The van der Waals surface area contributed by atoms with Crippen LogP contribution in [0.2, 0.25) is 5.02 Å². The molecule has 2 aliphatic rings. The molecule has 25 heavy (non-hydrogen) atoms. The van der Waals surface area contributed by atoms with Gasteiger partial charge in [-0.1, -0.05) is 11.6 Å². The molecule has 1 unspecified atom stereocenters. The van der Waals surface area contributed by atoms with Gasteiger partial charge in [0.2, 0.25) is 0 Å². The number of rotatable bonds is 2. The van der Waals surface area contributed by atoms with Crippen LogP contribution >= 0.6 is 11.6 Å². The Morgan fingerprint density at radius 3 is 3.12 bits per heavy atom. The van der Waals surface area contributed by atoms with E-state index in [9.17, 15) is 0 Å². The summed E-state index contributed by atoms with van der Waals surface area (Å²) in [6, 6.07) is 2.02. The number of hydrogen-bond acceptors (Lipinski definition) is 6. The van der Waals surface area contributed by atoms with Crippen LogP contribution in [0.3, 0.4) is 0 Å². The Morgan fingerprint density at radius 1 is 1.48 bits per heavy atom. The third kappa shape index (κ3) is 2.73. The molecule has 2 aromatic rings. The molecule has 3 N–H and O–H groups in total. The zero-order chi connectivity index (χ0) is 17.4. The van der Waals surface area contributed by atoms with E-state index in [1.54, 1.807) is 16.8 Å². The van der Waals surface area contributed by atoms with Gasteiger partial charge in [-0.3, -0.25) is 0 Å². The Morgan fingerprint density at radius 2 is 2.36 bits per heavy atom. The lowest BCUT2D eigenvalue weighted by molar-refractivity contribution is 0.261. The van der Waals surface area contributed by atoms with Crippen molar-refractivity contribution in [2.24, 2.45) is 0 Å². The van der Waals surface area contributed by atoms with Crippen molar-refractivity contribution in [1.29, 1.82) is 5.26 Å². The van der Waals surface area contributed by atoms with Crippen molar-refractivity contribution in [2.45, 2.75) is 18.8 Å². The van der Waals surface area contributed by atoms with Gasteiger partial charge >= 0.3 is 0 Å². The van der Waals surface area contributed by atoms with Gasteiger partial charge in [-0.05, 0) is 37.1 Å². The maximum atomic E-state index is 9.06. The summed E-state index contributed by atoms with van der Waals surface area (Å²) in [5.74, 6) is 0.885. The van der Waals surface area contributed by atoms with Crippen molar-refractivity contribution in [3.8, 4) is 6.07 Å². The second-order valence-electron chi connectivity index (χ2n) is 6.12. The predicted octanol–water partition coefficient (Wildman–Crippen LogP) is 2.25. The average Bonchev–Trinajstić information content (AvgIpc) is 3.09. The van der Waals surface area contributed by atoms with Gasteiger partial charge in [-0.15, -0.1) is 0 Å². The van der Waals surface area contributed by atoms with Crippen molar-refractivity contribution in [3.63, 3.8) is 0 Å². The Labute approximate surface area is 149 Å². The van der Waals surface area contributed by atoms with Gasteiger partial charge in [-0.25, -0.2) is 4.98 Å². The van der Waals surface area contributed by atoms with Crippen LogP contribution in [0.1, 0.15) is 30.0 Å². The van der Waals surface area contributed by atoms with Crippen LogP contribution in [0.25, 0.3) is 11.2 Å². The second kappa shape index (κ2) is 6.39. The first-order chi connectivity index (χ1) is 12.2. The second-order valence-corrected chi connectivity index (χ2v) is 6.50. The van der Waals surface area contributed by atoms with E-state index < -0.39 is 0 Å². The molecule has 1 fully saturated rings. The van der Waals surface area contributed by atoms with E-state index in [0.29, 0.717) is 23.1 Å². The summed E-state index contributed by atoms with van der Waals surface area (Å²) in [6.07, 6.45) is 7.38. The highest BCUT2D eigenvalue weighted by Gasteiger charge is 2.24. The average molecular weight is 357 g/mol. The first-order valence-corrected chi connectivity index (χ1v) is 8.55. The van der Waals surface area contributed by atoms with Gasteiger partial charge in [0.05, 0.1) is 11.9 Å². The molecule has 0 radical (unpaired) electrons. The van der Waals surface area contributed by atoms with Gasteiger partial charge in [0.25, 0.3) is 0 Å². The summed E-state index contributed by atoms with van der Waals surface area (Å²) in [7, 11) is 0. The fraction of sp³-hybridized carbons (Fsp3) is 0.353. The molecule has 1 saturated heterocycles. The van der Waals surface area contributed by atoms with E-state index >= 15 is 0 Å². The Hall–Kier alpha value is -2.56. The highest BCUT2D eigenvalue weighted by molar-refractivity contribution is 6.33. The van der Waals surface area contributed by atoms with Gasteiger partial charge in [0.1, 0.15) is 23.5 Å². The van der Waals surface area contributed by atoms with Crippen molar-refractivity contribution in [2.75, 3.05) is 25.4 Å². The minimum absolute atomic E-state index is 0.227. The number of fused-ring (bicyclic) bond motifs is 1. The maximum absolute atomic E-state index is 9.06. The lowest BCUT2D eigenvalue weighted by Gasteiger charge is -2.23. The smallest absolute Gasteiger partial charge is 0.197 e. The summed E-state index contributed by atoms with van der Waals surface area (Å²) < 4.78 is 6.80. The molecule has 0 bridgehead atoms. The summed E-state index contributed by atoms with van der Waals surface area (Å²) in [6.45, 7) is 2.19. The lowest BCUT2D eigenvalue weighted by Crippen LogP contribution is -2.29. The maximum Gasteiger partial charge on any atom is 0.197 e. The highest BCUT2D eigenvalue weighted by Crippen LogP contribution is 2.34. The fourth-order valence-corrected chi connectivity index (χ4v) is 3.56. The number of anilines is 1. The number of nitrogens with two attached hydrogens (primary N) is 1. The quantitative estimate of drug-likeness (QED) is 0.855. The Bertz CT molecular complexity index is 933. The van der Waals surface area contributed by atoms with E-state index in [0.717, 1.165) is 42.8 Å². The van der Waals surface area contributed by atoms with Gasteiger partial charge in [0.15, 0.2) is 11.4 Å². The number of nitriles is 1. The van der Waals surface area contributed by atoms with E-state index in [1.165, 1.54) is 0 Å². The third-order valence-electron chi connectivity index (χ3n) is 4.58. The number of ether oxygens (including phenoxy) is 1. The predicted molar refractivity (Wildman–Crippen MR) is 94.9 cm³/mol. The van der Waals surface area contributed by atoms with Crippen LogP contribution < -0.4 is 11.1 Å². The summed E-state index contributed by atoms with van der Waals surface area (Å²) in [4.78, 5) is 4.80. The Balaban J connectivity index is 1.85. The molecular weight excluding hydrogens is 340 g/mol. The number of piperidine rings is 1. The topological polar surface area (TPSA) is 101 Å². The van der Waals surface area contributed by atoms with E-state index in [2.05, 4.69) is 10.4 Å². The van der Waals surface area contributed by atoms with Crippen molar-refractivity contribution < 1.29 is 4.74 Å². The monoisotopic (exact) mass is 356 g/mol. The van der Waals surface area contributed by atoms with Crippen molar-refractivity contribution in [3.05, 3.63) is 40.4 Å². The molecule has 0 aromatic carbocycles. The van der Waals surface area contributed by atoms with Crippen molar-refractivity contribution >= 4 is 28.6 Å². The molecule has 128 valence electrons. The van der Waals surface area contributed by atoms with Crippen LogP contribution in [-0.2, 0) is 4.74 Å². The van der Waals surface area contributed by atoms with E-state index in [1.807, 2.05) is 12.1 Å². The number of aromatic nitrogens is 3. The molecule has 8 heteroatoms. The van der Waals surface area contributed by atoms with E-state index in [4.69, 9.17) is 32.3 Å². The zero-order valence-electron chi connectivity index (χ0n) is 13.5. The number of halogens is 1. The van der Waals surface area contributed by atoms with Crippen molar-refractivity contribution in [1.82, 2.24) is 19.9 Å². The largest absolute Gasteiger partial charge is 0.479 e. The summed E-state index contributed by atoms with van der Waals surface area (Å²) in [5, 5.41) is 17.2. The SMILES string of the molecule is N#CC1=CC(c2cnn3c(N)c(Cl)c(C4CCCNC4)nc23)=CCO1. The van der Waals surface area contributed by atoms with Crippen LogP contribution in [0, 0.1) is 11.3 Å². The first kappa shape index (κ1) is 15.9. The standard InChI is InChI=1S/C17H17ClN6O/c18-14-15(11-2-1-4-21-8-11)23-17-13(9-22-24(17)16(14)20)10-3-5-25-12(6-10)7-19/h3,6,9,11,21H,1-2,4-5,8,20H2. The molecule has 7 nitrogen and oxygen atoms in total. The third-order valence-corrected chi connectivity index (χ3v) is 4.97. The molecule has 4 rings (SSSR count). The molecule has 4 heterocycles. The van der Waals surface area contributed by atoms with Gasteiger partial charge in [0, 0.05) is 18.0 Å². The number of allylic oxidation sites excluding steroid dienone is 3. The molecule has 1 atom stereocenters. The van der Waals surface area contributed by atoms with Gasteiger partial charge in [-0.2, -0.15) is 14.9 Å². The normalized spacial score (nSPS) is 20.6. The molecule has 0 saturated carbocycles. The number of nitrogen functional groups attached to an aromatic ring is 1.